The number of halogens is 1. The fraction of sp³-hybridized carbons (Fsp3) is 0.0769. The Morgan fingerprint density at radius 1 is 1.05 bits per heavy atom. The number of hydrogen-bond acceptors (Lipinski definition) is 3. The van der Waals surface area contributed by atoms with Gasteiger partial charge in [0, 0.05) is 0 Å². The van der Waals surface area contributed by atoms with Gasteiger partial charge in [0.05, 0.1) is 0 Å². The lowest BCUT2D eigenvalue weighted by atomic mass is 10.2. The van der Waals surface area contributed by atoms with E-state index >= 15 is 0 Å². The van der Waals surface area contributed by atoms with Crippen molar-refractivity contribution in [3.05, 3.63) is 59.9 Å². The van der Waals surface area contributed by atoms with Crippen molar-refractivity contribution in [2.75, 3.05) is 0 Å². The minimum absolute atomic E-state index is 0.0503. The van der Waals surface area contributed by atoms with Crippen LogP contribution in [0.5, 0.6) is 5.75 Å². The van der Waals surface area contributed by atoms with Crippen LogP contribution < -0.4 is 4.74 Å². The first-order valence-corrected chi connectivity index (χ1v) is 6.84. The van der Waals surface area contributed by atoms with Crippen molar-refractivity contribution in [1.29, 1.82) is 0 Å². The molecule has 0 spiro atoms. The topological polar surface area (TPSA) is 63.6 Å². The second kappa shape index (κ2) is 5.38. The Balaban J connectivity index is 2.18. The Labute approximate surface area is 110 Å². The van der Waals surface area contributed by atoms with E-state index in [-0.39, 0.29) is 23.1 Å². The molecule has 4 nitrogen and oxygen atoms in total. The predicted molar refractivity (Wildman–Crippen MR) is 67.0 cm³/mol. The molecular weight excluding hydrogens is 271 g/mol. The molecule has 0 atom stereocenters. The Hall–Kier alpha value is -1.92. The van der Waals surface area contributed by atoms with Crippen LogP contribution in [0.2, 0.25) is 0 Å². The first kappa shape index (κ1) is 13.5. The zero-order chi connectivity index (χ0) is 13.9. The minimum Gasteiger partial charge on any atom is -0.487 e. The van der Waals surface area contributed by atoms with Gasteiger partial charge in [-0.3, -0.25) is 4.55 Å². The summed E-state index contributed by atoms with van der Waals surface area (Å²) in [6.45, 7) is 0.0762. The van der Waals surface area contributed by atoms with Gasteiger partial charge in [-0.05, 0) is 29.8 Å². The molecule has 0 aliphatic rings. The van der Waals surface area contributed by atoms with Crippen LogP contribution in [0.25, 0.3) is 0 Å². The van der Waals surface area contributed by atoms with Gasteiger partial charge in [-0.15, -0.1) is 0 Å². The third kappa shape index (κ3) is 3.52. The molecule has 0 amide bonds. The predicted octanol–water partition coefficient (Wildman–Crippen LogP) is 2.65. The third-order valence-corrected chi connectivity index (χ3v) is 3.33. The van der Waals surface area contributed by atoms with Crippen molar-refractivity contribution >= 4 is 10.1 Å². The van der Waals surface area contributed by atoms with E-state index in [1.807, 2.05) is 0 Å². The summed E-state index contributed by atoms with van der Waals surface area (Å²) in [5.41, 5.74) is 0.687. The fourth-order valence-corrected chi connectivity index (χ4v) is 2.16. The van der Waals surface area contributed by atoms with Crippen LogP contribution in [0.4, 0.5) is 4.39 Å². The van der Waals surface area contributed by atoms with Crippen LogP contribution >= 0.6 is 0 Å². The van der Waals surface area contributed by atoms with Gasteiger partial charge in [-0.1, -0.05) is 24.3 Å². The van der Waals surface area contributed by atoms with Crippen LogP contribution in [0.15, 0.2) is 53.4 Å². The Morgan fingerprint density at radius 3 is 2.32 bits per heavy atom. The highest BCUT2D eigenvalue weighted by Crippen LogP contribution is 2.23. The van der Waals surface area contributed by atoms with Gasteiger partial charge in [-0.2, -0.15) is 8.42 Å². The van der Waals surface area contributed by atoms with E-state index in [4.69, 9.17) is 9.29 Å². The fourth-order valence-electron chi connectivity index (χ4n) is 1.52. The summed E-state index contributed by atoms with van der Waals surface area (Å²) in [6.07, 6.45) is 0. The minimum atomic E-state index is -4.33. The van der Waals surface area contributed by atoms with Crippen LogP contribution in [0.3, 0.4) is 0 Å². The van der Waals surface area contributed by atoms with Crippen LogP contribution in [-0.4, -0.2) is 13.0 Å². The number of benzene rings is 2. The van der Waals surface area contributed by atoms with E-state index in [2.05, 4.69) is 0 Å². The maximum Gasteiger partial charge on any atom is 0.298 e. The average Bonchev–Trinajstić information content (AvgIpc) is 2.37. The van der Waals surface area contributed by atoms with Crippen molar-refractivity contribution in [1.82, 2.24) is 0 Å². The van der Waals surface area contributed by atoms with Gasteiger partial charge in [-0.25, -0.2) is 4.39 Å². The summed E-state index contributed by atoms with van der Waals surface area (Å²) < 4.78 is 49.4. The molecule has 0 saturated heterocycles. The molecule has 0 fully saturated rings. The molecule has 0 unspecified atom stereocenters. The molecule has 0 aliphatic heterocycles. The number of hydrogen-bond donors (Lipinski definition) is 1. The molecule has 0 bridgehead atoms. The SMILES string of the molecule is O=S(=O)(O)c1ccccc1OCc1ccc(F)cc1. The van der Waals surface area contributed by atoms with E-state index in [0.717, 1.165) is 0 Å². The maximum atomic E-state index is 12.7. The van der Waals surface area contributed by atoms with Crippen LogP contribution in [0.1, 0.15) is 5.56 Å². The molecule has 0 radical (unpaired) electrons. The molecule has 1 N–H and O–H groups in total. The largest absolute Gasteiger partial charge is 0.487 e. The molecule has 0 heterocycles. The molecule has 0 aliphatic carbocycles. The smallest absolute Gasteiger partial charge is 0.298 e. The first-order chi connectivity index (χ1) is 8.97. The number of ether oxygens (including phenoxy) is 1. The molecular formula is C13H11FO4S. The lowest BCUT2D eigenvalue weighted by molar-refractivity contribution is 0.296. The number of rotatable bonds is 4. The van der Waals surface area contributed by atoms with E-state index in [1.54, 1.807) is 6.07 Å². The molecule has 19 heavy (non-hydrogen) atoms. The monoisotopic (exact) mass is 282 g/mol. The summed E-state index contributed by atoms with van der Waals surface area (Å²) in [5.74, 6) is -0.309. The second-order valence-corrected chi connectivity index (χ2v) is 5.23. The number of para-hydroxylation sites is 1. The van der Waals surface area contributed by atoms with Gasteiger partial charge < -0.3 is 4.74 Å². The van der Waals surface area contributed by atoms with E-state index in [9.17, 15) is 12.8 Å². The highest BCUT2D eigenvalue weighted by atomic mass is 32.2. The highest BCUT2D eigenvalue weighted by Gasteiger charge is 2.15. The van der Waals surface area contributed by atoms with Crippen molar-refractivity contribution in [2.24, 2.45) is 0 Å². The zero-order valence-electron chi connectivity index (χ0n) is 9.78. The normalized spacial score (nSPS) is 11.3. The van der Waals surface area contributed by atoms with E-state index in [0.29, 0.717) is 5.56 Å². The average molecular weight is 282 g/mol. The Morgan fingerprint density at radius 2 is 1.68 bits per heavy atom. The van der Waals surface area contributed by atoms with Gasteiger partial charge in [0.25, 0.3) is 10.1 Å². The van der Waals surface area contributed by atoms with Crippen molar-refractivity contribution in [3.8, 4) is 5.75 Å². The summed E-state index contributed by atoms with van der Waals surface area (Å²) in [5, 5.41) is 0. The standard InChI is InChI=1S/C13H11FO4S/c14-11-7-5-10(6-8-11)9-18-12-3-1-2-4-13(12)19(15,16)17/h1-8H,9H2,(H,15,16,17). The lowest BCUT2D eigenvalue weighted by Crippen LogP contribution is -2.03. The molecule has 2 aromatic carbocycles. The van der Waals surface area contributed by atoms with Crippen LogP contribution in [-0.2, 0) is 16.7 Å². The molecule has 0 aromatic heterocycles. The van der Waals surface area contributed by atoms with E-state index in [1.165, 1.54) is 42.5 Å². The molecule has 6 heteroatoms. The third-order valence-electron chi connectivity index (χ3n) is 2.43. The second-order valence-electron chi connectivity index (χ2n) is 3.84. The van der Waals surface area contributed by atoms with Crippen LogP contribution in [0, 0.1) is 5.82 Å². The zero-order valence-corrected chi connectivity index (χ0v) is 10.6. The molecule has 0 saturated carbocycles. The quantitative estimate of drug-likeness (QED) is 0.876. The van der Waals surface area contributed by atoms with Gasteiger partial charge >= 0.3 is 0 Å². The molecule has 2 aromatic rings. The summed E-state index contributed by atoms with van der Waals surface area (Å²) in [7, 11) is -4.33. The summed E-state index contributed by atoms with van der Waals surface area (Å²) >= 11 is 0. The molecule has 100 valence electrons. The summed E-state index contributed by atoms with van der Waals surface area (Å²) in [4.78, 5) is -0.294. The Bertz CT molecular complexity index is 665. The van der Waals surface area contributed by atoms with Gasteiger partial charge in [0.15, 0.2) is 0 Å². The molecule has 2 rings (SSSR count). The first-order valence-electron chi connectivity index (χ1n) is 5.40. The lowest BCUT2D eigenvalue weighted by Gasteiger charge is -2.09. The maximum absolute atomic E-state index is 12.7. The highest BCUT2D eigenvalue weighted by molar-refractivity contribution is 7.86. The van der Waals surface area contributed by atoms with Crippen molar-refractivity contribution in [2.45, 2.75) is 11.5 Å². The van der Waals surface area contributed by atoms with E-state index < -0.39 is 10.1 Å². The Kier molecular flexibility index (Phi) is 3.82. The van der Waals surface area contributed by atoms with Crippen molar-refractivity contribution < 1.29 is 22.1 Å². The van der Waals surface area contributed by atoms with Gasteiger partial charge in [0.1, 0.15) is 23.1 Å². The summed E-state index contributed by atoms with van der Waals surface area (Å²) in [6, 6.07) is 11.4. The van der Waals surface area contributed by atoms with Crippen molar-refractivity contribution in [3.63, 3.8) is 0 Å². The van der Waals surface area contributed by atoms with Gasteiger partial charge in [0.2, 0.25) is 0 Å².